The lowest BCUT2D eigenvalue weighted by atomic mass is 9.96. The summed E-state index contributed by atoms with van der Waals surface area (Å²) in [5, 5.41) is 7.58. The zero-order chi connectivity index (χ0) is 10.1. The average Bonchev–Trinajstić information content (AvgIpc) is 2.56. The van der Waals surface area contributed by atoms with E-state index in [1.807, 2.05) is 0 Å². The van der Waals surface area contributed by atoms with Crippen LogP contribution in [-0.4, -0.2) is 22.8 Å². The first-order chi connectivity index (χ1) is 6.66. The molecule has 14 heavy (non-hydrogen) atoms. The average molecular weight is 196 g/mol. The van der Waals surface area contributed by atoms with Crippen molar-refractivity contribution in [2.24, 2.45) is 5.92 Å². The van der Waals surface area contributed by atoms with E-state index in [1.165, 1.54) is 12.8 Å². The van der Waals surface area contributed by atoms with Gasteiger partial charge in [-0.05, 0) is 25.7 Å². The van der Waals surface area contributed by atoms with Crippen molar-refractivity contribution in [1.29, 1.82) is 0 Å². The summed E-state index contributed by atoms with van der Waals surface area (Å²) in [4.78, 5) is 2.14. The number of piperidine rings is 1. The lowest BCUT2D eigenvalue weighted by molar-refractivity contribution is 0.367. The standard InChI is InChI=1S/C9H16N4O/c1-6-3-4-7(2)13(5-6)9-12-11-8(10)14-9/h6-7H,3-5H2,1-2H3,(H2,10,11). The molecule has 78 valence electrons. The number of hydrogen-bond donors (Lipinski definition) is 1. The maximum absolute atomic E-state index is 5.40. The van der Waals surface area contributed by atoms with Gasteiger partial charge in [-0.1, -0.05) is 17.1 Å². The highest BCUT2D eigenvalue weighted by molar-refractivity contribution is 5.30. The first-order valence-electron chi connectivity index (χ1n) is 5.02. The van der Waals surface area contributed by atoms with Gasteiger partial charge in [-0.3, -0.25) is 0 Å². The number of nitrogens with two attached hydrogens (primary N) is 1. The molecule has 1 aromatic rings. The summed E-state index contributed by atoms with van der Waals surface area (Å²) in [6.45, 7) is 5.38. The maximum atomic E-state index is 5.40. The van der Waals surface area contributed by atoms with Crippen LogP contribution in [0.4, 0.5) is 12.0 Å². The quantitative estimate of drug-likeness (QED) is 0.732. The predicted octanol–water partition coefficient (Wildman–Crippen LogP) is 1.28. The monoisotopic (exact) mass is 196 g/mol. The summed E-state index contributed by atoms with van der Waals surface area (Å²) in [7, 11) is 0. The second-order valence-electron chi connectivity index (χ2n) is 4.11. The van der Waals surface area contributed by atoms with E-state index >= 15 is 0 Å². The Hall–Kier alpha value is -1.26. The first-order valence-corrected chi connectivity index (χ1v) is 5.02. The smallest absolute Gasteiger partial charge is 0.319 e. The van der Waals surface area contributed by atoms with Crippen molar-refractivity contribution in [3.05, 3.63) is 0 Å². The van der Waals surface area contributed by atoms with Crippen LogP contribution >= 0.6 is 0 Å². The second kappa shape index (κ2) is 3.48. The van der Waals surface area contributed by atoms with Crippen molar-refractivity contribution in [3.8, 4) is 0 Å². The summed E-state index contributed by atoms with van der Waals surface area (Å²) in [6.07, 6.45) is 2.44. The molecule has 0 spiro atoms. The van der Waals surface area contributed by atoms with Crippen molar-refractivity contribution in [1.82, 2.24) is 10.2 Å². The minimum Gasteiger partial charge on any atom is -0.390 e. The van der Waals surface area contributed by atoms with Gasteiger partial charge in [-0.2, -0.15) is 0 Å². The van der Waals surface area contributed by atoms with E-state index in [2.05, 4.69) is 28.9 Å². The van der Waals surface area contributed by atoms with E-state index in [4.69, 9.17) is 10.2 Å². The van der Waals surface area contributed by atoms with Gasteiger partial charge in [0.2, 0.25) is 0 Å². The van der Waals surface area contributed by atoms with Crippen molar-refractivity contribution in [3.63, 3.8) is 0 Å². The molecule has 0 aromatic carbocycles. The molecule has 2 atom stereocenters. The molecular weight excluding hydrogens is 180 g/mol. The molecule has 0 bridgehead atoms. The van der Waals surface area contributed by atoms with Crippen LogP contribution in [0, 0.1) is 5.92 Å². The number of rotatable bonds is 1. The van der Waals surface area contributed by atoms with Crippen LogP contribution in [0.5, 0.6) is 0 Å². The Labute approximate surface area is 83.3 Å². The summed E-state index contributed by atoms with van der Waals surface area (Å²) < 4.78 is 5.22. The van der Waals surface area contributed by atoms with Gasteiger partial charge in [0.25, 0.3) is 0 Å². The Bertz CT molecular complexity index is 312. The molecule has 2 heterocycles. The normalized spacial score (nSPS) is 28.0. The molecule has 1 fully saturated rings. The number of hydrogen-bond acceptors (Lipinski definition) is 5. The van der Waals surface area contributed by atoms with Crippen molar-refractivity contribution < 1.29 is 4.42 Å². The van der Waals surface area contributed by atoms with Crippen LogP contribution in [0.15, 0.2) is 4.42 Å². The Kier molecular flexibility index (Phi) is 2.31. The fourth-order valence-corrected chi connectivity index (χ4v) is 1.90. The first kappa shape index (κ1) is 9.30. The van der Waals surface area contributed by atoms with Gasteiger partial charge in [0.1, 0.15) is 0 Å². The van der Waals surface area contributed by atoms with Gasteiger partial charge >= 0.3 is 12.0 Å². The third-order valence-corrected chi connectivity index (χ3v) is 2.79. The van der Waals surface area contributed by atoms with Gasteiger partial charge in [0, 0.05) is 12.6 Å². The summed E-state index contributed by atoms with van der Waals surface area (Å²) in [5.74, 6) is 0.680. The Balaban J connectivity index is 2.15. The molecule has 0 saturated carbocycles. The molecule has 1 aliphatic rings. The van der Waals surface area contributed by atoms with Crippen molar-refractivity contribution in [2.75, 3.05) is 17.2 Å². The van der Waals surface area contributed by atoms with Crippen LogP contribution in [0.25, 0.3) is 0 Å². The molecule has 0 radical (unpaired) electrons. The van der Waals surface area contributed by atoms with E-state index in [0.717, 1.165) is 6.54 Å². The van der Waals surface area contributed by atoms with Crippen LogP contribution in [0.2, 0.25) is 0 Å². The highest BCUT2D eigenvalue weighted by Crippen LogP contribution is 2.26. The molecule has 5 nitrogen and oxygen atoms in total. The van der Waals surface area contributed by atoms with E-state index < -0.39 is 0 Å². The second-order valence-corrected chi connectivity index (χ2v) is 4.11. The van der Waals surface area contributed by atoms with Crippen LogP contribution in [-0.2, 0) is 0 Å². The summed E-state index contributed by atoms with van der Waals surface area (Å²) in [5.41, 5.74) is 5.40. The summed E-state index contributed by atoms with van der Waals surface area (Å²) >= 11 is 0. The summed E-state index contributed by atoms with van der Waals surface area (Å²) in [6, 6.07) is 1.16. The van der Waals surface area contributed by atoms with Gasteiger partial charge in [0.05, 0.1) is 0 Å². The zero-order valence-electron chi connectivity index (χ0n) is 8.60. The van der Waals surface area contributed by atoms with E-state index in [1.54, 1.807) is 0 Å². The fourth-order valence-electron chi connectivity index (χ4n) is 1.90. The van der Waals surface area contributed by atoms with Crippen LogP contribution in [0.3, 0.4) is 0 Å². The van der Waals surface area contributed by atoms with Gasteiger partial charge < -0.3 is 15.1 Å². The molecule has 2 unspecified atom stereocenters. The number of anilines is 2. The highest BCUT2D eigenvalue weighted by Gasteiger charge is 2.26. The fraction of sp³-hybridized carbons (Fsp3) is 0.778. The topological polar surface area (TPSA) is 68.2 Å². The Morgan fingerprint density at radius 2 is 2.14 bits per heavy atom. The van der Waals surface area contributed by atoms with E-state index in [9.17, 15) is 0 Å². The zero-order valence-corrected chi connectivity index (χ0v) is 8.60. The van der Waals surface area contributed by atoms with Gasteiger partial charge in [-0.15, -0.1) is 0 Å². The van der Waals surface area contributed by atoms with Crippen LogP contribution < -0.4 is 10.6 Å². The van der Waals surface area contributed by atoms with E-state index in [0.29, 0.717) is 18.0 Å². The van der Waals surface area contributed by atoms with Gasteiger partial charge in [-0.25, -0.2) is 0 Å². The van der Waals surface area contributed by atoms with Crippen molar-refractivity contribution >= 4 is 12.0 Å². The number of nitrogen functional groups attached to an aromatic ring is 1. The molecule has 0 aliphatic carbocycles. The minimum absolute atomic E-state index is 0.144. The predicted molar refractivity (Wildman–Crippen MR) is 53.9 cm³/mol. The maximum Gasteiger partial charge on any atom is 0.319 e. The molecule has 5 heteroatoms. The SMILES string of the molecule is CC1CCC(C)N(c2nnc(N)o2)C1. The van der Waals surface area contributed by atoms with Gasteiger partial charge in [0.15, 0.2) is 0 Å². The Morgan fingerprint density at radius 3 is 2.79 bits per heavy atom. The molecule has 1 aromatic heterocycles. The molecule has 2 N–H and O–H groups in total. The number of nitrogens with zero attached hydrogens (tertiary/aromatic N) is 3. The third-order valence-electron chi connectivity index (χ3n) is 2.79. The molecular formula is C9H16N4O. The largest absolute Gasteiger partial charge is 0.390 e. The molecule has 1 aliphatic heterocycles. The Morgan fingerprint density at radius 1 is 1.36 bits per heavy atom. The number of aromatic nitrogens is 2. The van der Waals surface area contributed by atoms with Crippen molar-refractivity contribution in [2.45, 2.75) is 32.7 Å². The molecule has 2 rings (SSSR count). The molecule has 1 saturated heterocycles. The minimum atomic E-state index is 0.144. The van der Waals surface area contributed by atoms with E-state index in [-0.39, 0.29) is 6.01 Å². The molecule has 0 amide bonds. The lowest BCUT2D eigenvalue weighted by Gasteiger charge is -2.35. The lowest BCUT2D eigenvalue weighted by Crippen LogP contribution is -2.41. The highest BCUT2D eigenvalue weighted by atomic mass is 16.4. The third kappa shape index (κ3) is 1.66. The van der Waals surface area contributed by atoms with Crippen LogP contribution in [0.1, 0.15) is 26.7 Å².